The zero-order chi connectivity index (χ0) is 16.9. The lowest BCUT2D eigenvalue weighted by molar-refractivity contribution is 0.218. The minimum atomic E-state index is 0.748. The second kappa shape index (κ2) is 7.96. The number of pyridine rings is 1. The summed E-state index contributed by atoms with van der Waals surface area (Å²) < 4.78 is 0. The van der Waals surface area contributed by atoms with Crippen LogP contribution < -0.4 is 0 Å². The van der Waals surface area contributed by atoms with Gasteiger partial charge in [0.05, 0.1) is 5.69 Å². The summed E-state index contributed by atoms with van der Waals surface area (Å²) in [6, 6.07) is 13.5. The Hall–Kier alpha value is -1.63. The SMILES string of the molecule is CCC[C@H]1CC[C@@H](c2ccc(-c3ccc(CC)cn3)cc2)C[C@@H]1C. The fourth-order valence-corrected chi connectivity index (χ4v) is 4.29. The van der Waals surface area contributed by atoms with Gasteiger partial charge in [-0.3, -0.25) is 4.98 Å². The largest absolute Gasteiger partial charge is 0.256 e. The molecule has 1 aromatic heterocycles. The summed E-state index contributed by atoms with van der Waals surface area (Å²) in [5.74, 6) is 2.57. The molecule has 1 heterocycles. The molecule has 24 heavy (non-hydrogen) atoms. The van der Waals surface area contributed by atoms with Crippen LogP contribution in [0.5, 0.6) is 0 Å². The Morgan fingerprint density at radius 2 is 1.79 bits per heavy atom. The highest BCUT2D eigenvalue weighted by molar-refractivity contribution is 5.59. The van der Waals surface area contributed by atoms with Crippen molar-refractivity contribution in [3.05, 3.63) is 53.7 Å². The molecule has 0 radical (unpaired) electrons. The Bertz CT molecular complexity index is 626. The third kappa shape index (κ3) is 3.88. The molecule has 0 unspecified atom stereocenters. The predicted molar refractivity (Wildman–Crippen MR) is 103 cm³/mol. The number of nitrogens with zero attached hydrogens (tertiary/aromatic N) is 1. The van der Waals surface area contributed by atoms with Crippen molar-refractivity contribution >= 4 is 0 Å². The molecule has 1 nitrogen and oxygen atoms in total. The maximum atomic E-state index is 4.60. The molecule has 1 saturated carbocycles. The molecule has 1 heteroatoms. The van der Waals surface area contributed by atoms with Gasteiger partial charge in [0.15, 0.2) is 0 Å². The van der Waals surface area contributed by atoms with E-state index in [2.05, 4.69) is 62.2 Å². The first-order valence-electron chi connectivity index (χ1n) is 9.76. The van der Waals surface area contributed by atoms with E-state index >= 15 is 0 Å². The van der Waals surface area contributed by atoms with Gasteiger partial charge in [-0.25, -0.2) is 0 Å². The molecule has 0 N–H and O–H groups in total. The molecule has 0 spiro atoms. The Labute approximate surface area is 147 Å². The van der Waals surface area contributed by atoms with E-state index in [1.165, 1.54) is 48.8 Å². The van der Waals surface area contributed by atoms with Gasteiger partial charge in [0.25, 0.3) is 0 Å². The lowest BCUT2D eigenvalue weighted by Crippen LogP contribution is -2.21. The molecule has 128 valence electrons. The highest BCUT2D eigenvalue weighted by atomic mass is 14.7. The van der Waals surface area contributed by atoms with Crippen molar-refractivity contribution in [1.29, 1.82) is 0 Å². The van der Waals surface area contributed by atoms with E-state index < -0.39 is 0 Å². The molecule has 2 aromatic rings. The number of rotatable bonds is 5. The van der Waals surface area contributed by atoms with Crippen LogP contribution in [0.1, 0.15) is 69.9 Å². The summed E-state index contributed by atoms with van der Waals surface area (Å²) in [7, 11) is 0. The highest BCUT2D eigenvalue weighted by Crippen LogP contribution is 2.41. The maximum absolute atomic E-state index is 4.60. The summed E-state index contributed by atoms with van der Waals surface area (Å²) in [4.78, 5) is 4.60. The molecule has 0 saturated heterocycles. The Balaban J connectivity index is 1.68. The Morgan fingerprint density at radius 3 is 2.38 bits per heavy atom. The van der Waals surface area contributed by atoms with Crippen LogP contribution in [0.4, 0.5) is 0 Å². The number of aryl methyl sites for hydroxylation is 1. The van der Waals surface area contributed by atoms with Crippen molar-refractivity contribution in [2.24, 2.45) is 11.8 Å². The van der Waals surface area contributed by atoms with Gasteiger partial charge >= 0.3 is 0 Å². The average Bonchev–Trinajstić information content (AvgIpc) is 2.64. The van der Waals surface area contributed by atoms with E-state index in [-0.39, 0.29) is 0 Å². The van der Waals surface area contributed by atoms with Crippen LogP contribution in [0.25, 0.3) is 11.3 Å². The van der Waals surface area contributed by atoms with Gasteiger partial charge < -0.3 is 0 Å². The third-order valence-electron chi connectivity index (χ3n) is 5.92. The summed E-state index contributed by atoms with van der Waals surface area (Å²) in [5, 5.41) is 0. The molecule has 3 atom stereocenters. The van der Waals surface area contributed by atoms with E-state index in [0.717, 1.165) is 29.9 Å². The van der Waals surface area contributed by atoms with E-state index in [0.29, 0.717) is 0 Å². The smallest absolute Gasteiger partial charge is 0.0702 e. The monoisotopic (exact) mass is 321 g/mol. The summed E-state index contributed by atoms with van der Waals surface area (Å²) >= 11 is 0. The van der Waals surface area contributed by atoms with E-state index in [9.17, 15) is 0 Å². The second-order valence-electron chi connectivity index (χ2n) is 7.56. The molecule has 1 aliphatic rings. The van der Waals surface area contributed by atoms with E-state index in [1.807, 2.05) is 6.20 Å². The van der Waals surface area contributed by atoms with Gasteiger partial charge in [-0.2, -0.15) is 0 Å². The summed E-state index contributed by atoms with van der Waals surface area (Å²) in [6.45, 7) is 6.94. The molecule has 0 amide bonds. The molecule has 3 rings (SSSR count). The fourth-order valence-electron chi connectivity index (χ4n) is 4.29. The van der Waals surface area contributed by atoms with Crippen molar-refractivity contribution in [3.63, 3.8) is 0 Å². The highest BCUT2D eigenvalue weighted by Gasteiger charge is 2.27. The maximum Gasteiger partial charge on any atom is 0.0702 e. The van der Waals surface area contributed by atoms with E-state index in [1.54, 1.807) is 0 Å². The zero-order valence-electron chi connectivity index (χ0n) is 15.5. The van der Waals surface area contributed by atoms with Gasteiger partial charge in [0.1, 0.15) is 0 Å². The lowest BCUT2D eigenvalue weighted by Gasteiger charge is -2.34. The molecule has 0 aliphatic heterocycles. The average molecular weight is 322 g/mol. The molecule has 1 fully saturated rings. The lowest BCUT2D eigenvalue weighted by atomic mass is 9.71. The van der Waals surface area contributed by atoms with Gasteiger partial charge in [-0.15, -0.1) is 0 Å². The topological polar surface area (TPSA) is 12.9 Å². The normalized spacial score (nSPS) is 24.0. The van der Waals surface area contributed by atoms with E-state index in [4.69, 9.17) is 0 Å². The summed E-state index contributed by atoms with van der Waals surface area (Å²) in [6.07, 6.45) is 9.90. The zero-order valence-corrected chi connectivity index (χ0v) is 15.5. The molecule has 0 bridgehead atoms. The third-order valence-corrected chi connectivity index (χ3v) is 5.92. The number of hydrogen-bond donors (Lipinski definition) is 0. The van der Waals surface area contributed by atoms with Crippen molar-refractivity contribution < 1.29 is 0 Å². The fraction of sp³-hybridized carbons (Fsp3) is 0.522. The van der Waals surface area contributed by atoms with Crippen molar-refractivity contribution in [1.82, 2.24) is 4.98 Å². The molecular weight excluding hydrogens is 290 g/mol. The van der Waals surface area contributed by atoms with Crippen LogP contribution in [0.2, 0.25) is 0 Å². The number of aromatic nitrogens is 1. The quantitative estimate of drug-likeness (QED) is 0.602. The van der Waals surface area contributed by atoms with Crippen LogP contribution in [-0.2, 0) is 6.42 Å². The van der Waals surface area contributed by atoms with Gasteiger partial charge in [0, 0.05) is 11.8 Å². The number of benzene rings is 1. The van der Waals surface area contributed by atoms with Gasteiger partial charge in [-0.1, -0.05) is 63.9 Å². The number of hydrogen-bond acceptors (Lipinski definition) is 1. The van der Waals surface area contributed by atoms with Crippen molar-refractivity contribution in [2.45, 2.75) is 65.2 Å². The second-order valence-corrected chi connectivity index (χ2v) is 7.56. The van der Waals surface area contributed by atoms with Crippen molar-refractivity contribution in [3.8, 4) is 11.3 Å². The molecule has 1 aromatic carbocycles. The van der Waals surface area contributed by atoms with Crippen LogP contribution in [0.3, 0.4) is 0 Å². The summed E-state index contributed by atoms with van der Waals surface area (Å²) in [5.41, 5.74) is 5.13. The molecule has 1 aliphatic carbocycles. The van der Waals surface area contributed by atoms with Crippen LogP contribution in [0.15, 0.2) is 42.6 Å². The standard InChI is InChI=1S/C23H31N/c1-4-6-19-8-13-22(15-17(19)3)20-9-11-21(12-10-20)23-14-7-18(5-2)16-24-23/h7,9-12,14,16-17,19,22H,4-6,8,13,15H2,1-3H3/t17-,19-,22+/m0/s1. The Kier molecular flexibility index (Phi) is 5.71. The first kappa shape index (κ1) is 17.2. The van der Waals surface area contributed by atoms with Crippen LogP contribution >= 0.6 is 0 Å². The minimum Gasteiger partial charge on any atom is -0.256 e. The first-order valence-corrected chi connectivity index (χ1v) is 9.76. The predicted octanol–water partition coefficient (Wildman–Crippen LogP) is 6.63. The first-order chi connectivity index (χ1) is 11.7. The van der Waals surface area contributed by atoms with Crippen LogP contribution in [-0.4, -0.2) is 4.98 Å². The molecular formula is C23H31N. The van der Waals surface area contributed by atoms with Gasteiger partial charge in [-0.05, 0) is 60.6 Å². The minimum absolute atomic E-state index is 0.748. The van der Waals surface area contributed by atoms with Crippen molar-refractivity contribution in [2.75, 3.05) is 0 Å². The van der Waals surface area contributed by atoms with Crippen LogP contribution in [0, 0.1) is 11.8 Å². The van der Waals surface area contributed by atoms with Gasteiger partial charge in [0.2, 0.25) is 0 Å². The Morgan fingerprint density at radius 1 is 1.00 bits per heavy atom.